The first kappa shape index (κ1) is 22.5. The van der Waals surface area contributed by atoms with E-state index >= 15 is 0 Å². The fraction of sp³-hybridized carbons (Fsp3) is 0.269. The minimum absolute atomic E-state index is 0.120. The number of aromatic nitrogens is 2. The molecule has 3 aromatic rings. The quantitative estimate of drug-likeness (QED) is 0.558. The molecule has 0 saturated carbocycles. The molecule has 1 aliphatic rings. The van der Waals surface area contributed by atoms with E-state index in [2.05, 4.69) is 27.7 Å². The molecule has 1 atom stereocenters. The van der Waals surface area contributed by atoms with Gasteiger partial charge in [0.15, 0.2) is 5.82 Å². The normalized spacial score (nSPS) is 14.5. The second-order valence-electron chi connectivity index (χ2n) is 7.85. The van der Waals surface area contributed by atoms with Gasteiger partial charge in [-0.1, -0.05) is 54.1 Å². The summed E-state index contributed by atoms with van der Waals surface area (Å²) in [7, 11) is 1.70. The van der Waals surface area contributed by atoms with Crippen molar-refractivity contribution in [3.05, 3.63) is 89.6 Å². The first-order valence-corrected chi connectivity index (χ1v) is 11.0. The summed E-state index contributed by atoms with van der Waals surface area (Å²) in [5, 5.41) is 10.5. The number of amides is 2. The zero-order valence-corrected chi connectivity index (χ0v) is 18.7. The number of anilines is 1. The average Bonchev–Trinajstić information content (AvgIpc) is 2.86. The summed E-state index contributed by atoms with van der Waals surface area (Å²) in [6.45, 7) is 1.78. The maximum absolute atomic E-state index is 12.4. The third-order valence-electron chi connectivity index (χ3n) is 5.59. The molecule has 4 rings (SSSR count). The highest BCUT2D eigenvalue weighted by Gasteiger charge is 2.19. The Hall–Kier alpha value is -3.71. The van der Waals surface area contributed by atoms with Crippen molar-refractivity contribution in [2.24, 2.45) is 0 Å². The summed E-state index contributed by atoms with van der Waals surface area (Å²) in [5.74, 6) is 1.27. The predicted octanol–water partition coefficient (Wildman–Crippen LogP) is 4.95. The standard InChI is InChI=1S/C26H28N4O3/c1-32-24(22-8-3-2-4-9-22)19-33-23-10-5-7-21(18-23)17-20-12-15-30(16-13-20)26(31)28-25-11-6-14-27-29-25/h2-11,14,17-18,24H,12-13,15-16,19H2,1H3,(H,28,29,31). The van der Waals surface area contributed by atoms with Crippen molar-refractivity contribution >= 4 is 17.9 Å². The number of methoxy groups -OCH3 is 1. The molecule has 170 valence electrons. The molecule has 0 bridgehead atoms. The van der Waals surface area contributed by atoms with E-state index in [4.69, 9.17) is 9.47 Å². The van der Waals surface area contributed by atoms with Crippen molar-refractivity contribution in [1.29, 1.82) is 0 Å². The number of likely N-dealkylation sites (tertiary alicyclic amines) is 1. The van der Waals surface area contributed by atoms with E-state index < -0.39 is 0 Å². The lowest BCUT2D eigenvalue weighted by Crippen LogP contribution is -2.39. The molecule has 1 unspecified atom stereocenters. The van der Waals surface area contributed by atoms with Gasteiger partial charge in [0, 0.05) is 26.4 Å². The third kappa shape index (κ3) is 6.40. The summed E-state index contributed by atoms with van der Waals surface area (Å²) in [4.78, 5) is 14.2. The number of hydrogen-bond donors (Lipinski definition) is 1. The SMILES string of the molecule is COC(COc1cccc(C=C2CCN(C(=O)Nc3cccnn3)CC2)c1)c1ccccc1. The van der Waals surface area contributed by atoms with Crippen LogP contribution in [0.2, 0.25) is 0 Å². The highest BCUT2D eigenvalue weighted by Crippen LogP contribution is 2.24. The Bertz CT molecular complexity index is 1060. The summed E-state index contributed by atoms with van der Waals surface area (Å²) < 4.78 is 11.6. The van der Waals surface area contributed by atoms with Gasteiger partial charge < -0.3 is 14.4 Å². The molecule has 1 N–H and O–H groups in total. The summed E-state index contributed by atoms with van der Waals surface area (Å²) in [6.07, 6.45) is 5.31. The van der Waals surface area contributed by atoms with E-state index in [-0.39, 0.29) is 12.1 Å². The Morgan fingerprint density at radius 3 is 2.64 bits per heavy atom. The first-order chi connectivity index (χ1) is 16.2. The van der Waals surface area contributed by atoms with E-state index in [1.165, 1.54) is 5.57 Å². The van der Waals surface area contributed by atoms with Gasteiger partial charge in [-0.2, -0.15) is 5.10 Å². The molecule has 33 heavy (non-hydrogen) atoms. The van der Waals surface area contributed by atoms with Gasteiger partial charge in [0.05, 0.1) is 0 Å². The van der Waals surface area contributed by atoms with Gasteiger partial charge in [0.25, 0.3) is 0 Å². The fourth-order valence-corrected chi connectivity index (χ4v) is 3.77. The van der Waals surface area contributed by atoms with Crippen LogP contribution in [-0.4, -0.2) is 47.9 Å². The van der Waals surface area contributed by atoms with E-state index in [0.717, 1.165) is 29.7 Å². The number of carbonyl (C=O) groups is 1. The number of hydrogen-bond acceptors (Lipinski definition) is 5. The molecule has 0 aliphatic carbocycles. The average molecular weight is 445 g/mol. The van der Waals surface area contributed by atoms with Crippen molar-refractivity contribution in [1.82, 2.24) is 15.1 Å². The van der Waals surface area contributed by atoms with Crippen molar-refractivity contribution in [3.63, 3.8) is 0 Å². The van der Waals surface area contributed by atoms with Crippen LogP contribution in [0.3, 0.4) is 0 Å². The van der Waals surface area contributed by atoms with Crippen LogP contribution in [-0.2, 0) is 4.74 Å². The molecule has 1 saturated heterocycles. The molecule has 7 heteroatoms. The maximum atomic E-state index is 12.4. The number of urea groups is 1. The molecule has 2 amide bonds. The zero-order valence-electron chi connectivity index (χ0n) is 18.7. The van der Waals surface area contributed by atoms with E-state index in [0.29, 0.717) is 25.5 Å². The lowest BCUT2D eigenvalue weighted by molar-refractivity contribution is 0.0576. The zero-order chi connectivity index (χ0) is 22.9. The van der Waals surface area contributed by atoms with Crippen molar-refractivity contribution in [3.8, 4) is 5.75 Å². The second-order valence-corrected chi connectivity index (χ2v) is 7.85. The molecule has 7 nitrogen and oxygen atoms in total. The molecular weight excluding hydrogens is 416 g/mol. The highest BCUT2D eigenvalue weighted by atomic mass is 16.5. The molecule has 2 aromatic carbocycles. The smallest absolute Gasteiger partial charge is 0.323 e. The van der Waals surface area contributed by atoms with Gasteiger partial charge in [-0.05, 0) is 48.2 Å². The lowest BCUT2D eigenvalue weighted by Gasteiger charge is -2.28. The fourth-order valence-electron chi connectivity index (χ4n) is 3.77. The second kappa shape index (κ2) is 11.2. The largest absolute Gasteiger partial charge is 0.490 e. The maximum Gasteiger partial charge on any atom is 0.323 e. The van der Waals surface area contributed by atoms with Crippen LogP contribution in [0, 0.1) is 0 Å². The van der Waals surface area contributed by atoms with Crippen LogP contribution in [0.5, 0.6) is 5.75 Å². The predicted molar refractivity (Wildman–Crippen MR) is 128 cm³/mol. The number of piperidine rings is 1. The number of nitrogens with one attached hydrogen (secondary N) is 1. The molecule has 1 aromatic heterocycles. The van der Waals surface area contributed by atoms with Gasteiger partial charge in [-0.15, -0.1) is 5.10 Å². The topological polar surface area (TPSA) is 76.6 Å². The van der Waals surface area contributed by atoms with Gasteiger partial charge in [-0.3, -0.25) is 5.32 Å². The van der Waals surface area contributed by atoms with Crippen molar-refractivity contribution < 1.29 is 14.3 Å². The number of rotatable bonds is 7. The summed E-state index contributed by atoms with van der Waals surface area (Å²) in [5.41, 5.74) is 3.50. The highest BCUT2D eigenvalue weighted by molar-refractivity contribution is 5.88. The Morgan fingerprint density at radius 2 is 1.91 bits per heavy atom. The van der Waals surface area contributed by atoms with Crippen LogP contribution in [0.25, 0.3) is 6.08 Å². The van der Waals surface area contributed by atoms with Crippen LogP contribution in [0.1, 0.15) is 30.1 Å². The number of ether oxygens (including phenoxy) is 2. The molecule has 0 spiro atoms. The molecular formula is C26H28N4O3. The summed E-state index contributed by atoms with van der Waals surface area (Å²) >= 11 is 0. The Labute approximate surface area is 194 Å². The molecule has 2 heterocycles. The first-order valence-electron chi connectivity index (χ1n) is 11.0. The van der Waals surface area contributed by atoms with E-state index in [1.807, 2.05) is 48.5 Å². The lowest BCUT2D eigenvalue weighted by atomic mass is 10.0. The number of benzene rings is 2. The van der Waals surface area contributed by atoms with E-state index in [9.17, 15) is 4.79 Å². The Balaban J connectivity index is 1.31. The van der Waals surface area contributed by atoms with Crippen LogP contribution in [0.4, 0.5) is 10.6 Å². The van der Waals surface area contributed by atoms with Crippen LogP contribution < -0.4 is 10.1 Å². The minimum Gasteiger partial charge on any atom is -0.490 e. The number of carbonyl (C=O) groups excluding carboxylic acids is 1. The van der Waals surface area contributed by atoms with Gasteiger partial charge in [-0.25, -0.2) is 4.79 Å². The third-order valence-corrected chi connectivity index (χ3v) is 5.59. The van der Waals surface area contributed by atoms with Crippen LogP contribution in [0.15, 0.2) is 78.5 Å². The Morgan fingerprint density at radius 1 is 1.09 bits per heavy atom. The van der Waals surface area contributed by atoms with Gasteiger partial charge in [0.2, 0.25) is 0 Å². The van der Waals surface area contributed by atoms with Gasteiger partial charge >= 0.3 is 6.03 Å². The van der Waals surface area contributed by atoms with Gasteiger partial charge in [0.1, 0.15) is 18.5 Å². The van der Waals surface area contributed by atoms with Crippen LogP contribution >= 0.6 is 0 Å². The Kier molecular flexibility index (Phi) is 7.66. The van der Waals surface area contributed by atoms with Crippen molar-refractivity contribution in [2.75, 3.05) is 32.1 Å². The molecule has 1 fully saturated rings. The van der Waals surface area contributed by atoms with Crippen molar-refractivity contribution in [2.45, 2.75) is 18.9 Å². The van der Waals surface area contributed by atoms with E-state index in [1.54, 1.807) is 30.3 Å². The molecule has 1 aliphatic heterocycles. The molecule has 0 radical (unpaired) electrons. The summed E-state index contributed by atoms with van der Waals surface area (Å²) in [6, 6.07) is 21.5. The minimum atomic E-state index is -0.143. The monoisotopic (exact) mass is 444 g/mol. The number of nitrogens with zero attached hydrogens (tertiary/aromatic N) is 3.